The van der Waals surface area contributed by atoms with Gasteiger partial charge in [0.2, 0.25) is 0 Å². The molecular weight excluding hydrogens is 196 g/mol. The molecule has 1 aromatic rings. The minimum Gasteiger partial charge on any atom is -0.492 e. The highest BCUT2D eigenvalue weighted by atomic mass is 16.5. The fourth-order valence-corrected chi connectivity index (χ4v) is 1.62. The quantitative estimate of drug-likeness (QED) is 0.742. The lowest BCUT2D eigenvalue weighted by Crippen LogP contribution is -2.07. The van der Waals surface area contributed by atoms with Gasteiger partial charge in [0.15, 0.2) is 0 Å². The van der Waals surface area contributed by atoms with Crippen LogP contribution in [0.3, 0.4) is 0 Å². The maximum atomic E-state index is 5.80. The predicted molar refractivity (Wildman–Crippen MR) is 67.6 cm³/mol. The molecule has 1 aliphatic rings. The molecule has 1 heteroatoms. The van der Waals surface area contributed by atoms with Crippen molar-refractivity contribution in [2.45, 2.75) is 6.92 Å². The molecule has 82 valence electrons. The molecular formula is C15H16O. The van der Waals surface area contributed by atoms with Gasteiger partial charge in [0, 0.05) is 5.92 Å². The zero-order valence-electron chi connectivity index (χ0n) is 9.47. The van der Waals surface area contributed by atoms with Gasteiger partial charge in [-0.2, -0.15) is 0 Å². The number of para-hydroxylation sites is 1. The maximum absolute atomic E-state index is 5.80. The molecule has 0 fully saturated rings. The normalized spacial score (nSPS) is 15.1. The van der Waals surface area contributed by atoms with Crippen LogP contribution < -0.4 is 4.74 Å². The van der Waals surface area contributed by atoms with Crippen LogP contribution in [0.25, 0.3) is 0 Å². The Morgan fingerprint density at radius 3 is 2.38 bits per heavy atom. The van der Waals surface area contributed by atoms with E-state index < -0.39 is 0 Å². The van der Waals surface area contributed by atoms with E-state index in [1.807, 2.05) is 30.4 Å². The average Bonchev–Trinajstić information content (AvgIpc) is 2.56. The molecule has 0 aromatic heterocycles. The van der Waals surface area contributed by atoms with Gasteiger partial charge < -0.3 is 4.74 Å². The van der Waals surface area contributed by atoms with E-state index in [9.17, 15) is 0 Å². The highest BCUT2D eigenvalue weighted by Crippen LogP contribution is 2.18. The van der Waals surface area contributed by atoms with Gasteiger partial charge in [0.1, 0.15) is 5.75 Å². The van der Waals surface area contributed by atoms with Crippen LogP contribution in [-0.2, 0) is 0 Å². The molecule has 0 heterocycles. The van der Waals surface area contributed by atoms with Gasteiger partial charge in [0.05, 0.1) is 6.61 Å². The second-order valence-corrected chi connectivity index (χ2v) is 3.90. The van der Waals surface area contributed by atoms with Gasteiger partial charge in [0.25, 0.3) is 0 Å². The highest BCUT2D eigenvalue weighted by Gasteiger charge is 2.03. The van der Waals surface area contributed by atoms with Crippen LogP contribution in [0, 0.1) is 12.8 Å². The van der Waals surface area contributed by atoms with Crippen LogP contribution in [0.4, 0.5) is 0 Å². The molecule has 0 spiro atoms. The Bertz CT molecular complexity index is 411. The van der Waals surface area contributed by atoms with Crippen molar-refractivity contribution in [1.29, 1.82) is 0 Å². The summed E-state index contributed by atoms with van der Waals surface area (Å²) in [7, 11) is 0. The Balaban J connectivity index is 1.95. The fraction of sp³-hybridized carbons (Fsp3) is 0.200. The number of ether oxygens (including phenoxy) is 1. The molecule has 0 N–H and O–H groups in total. The highest BCUT2D eigenvalue weighted by molar-refractivity contribution is 5.32. The smallest absolute Gasteiger partial charge is 0.122 e. The third kappa shape index (κ3) is 2.86. The zero-order chi connectivity index (χ0) is 11.2. The SMILES string of the molecule is Cc1ccccc1OCC1C=CC=CC=C1. The summed E-state index contributed by atoms with van der Waals surface area (Å²) in [5.41, 5.74) is 1.18. The van der Waals surface area contributed by atoms with E-state index >= 15 is 0 Å². The van der Waals surface area contributed by atoms with Gasteiger partial charge in [-0.05, 0) is 18.6 Å². The number of aryl methyl sites for hydroxylation is 1. The summed E-state index contributed by atoms with van der Waals surface area (Å²) >= 11 is 0. The summed E-state index contributed by atoms with van der Waals surface area (Å²) in [5, 5.41) is 0. The molecule has 0 bridgehead atoms. The lowest BCUT2D eigenvalue weighted by atomic mass is 10.1. The first kappa shape index (κ1) is 10.7. The van der Waals surface area contributed by atoms with Gasteiger partial charge in [-0.1, -0.05) is 54.7 Å². The standard InChI is InChI=1S/C15H16O/c1-13-8-6-7-11-15(13)16-12-14-9-4-2-3-5-10-14/h2-11,14H,12H2,1H3. The second-order valence-electron chi connectivity index (χ2n) is 3.90. The Hall–Kier alpha value is -1.76. The van der Waals surface area contributed by atoms with Crippen molar-refractivity contribution < 1.29 is 4.74 Å². The molecule has 1 aromatic carbocycles. The Morgan fingerprint density at radius 2 is 1.69 bits per heavy atom. The number of benzene rings is 1. The third-order valence-electron chi connectivity index (χ3n) is 2.57. The molecule has 0 saturated carbocycles. The van der Waals surface area contributed by atoms with Crippen LogP contribution in [0.15, 0.2) is 60.7 Å². The summed E-state index contributed by atoms with van der Waals surface area (Å²) in [6, 6.07) is 8.10. The number of rotatable bonds is 3. The van der Waals surface area contributed by atoms with Crippen molar-refractivity contribution in [3.63, 3.8) is 0 Å². The van der Waals surface area contributed by atoms with Crippen molar-refractivity contribution >= 4 is 0 Å². The minimum absolute atomic E-state index is 0.356. The van der Waals surface area contributed by atoms with E-state index in [4.69, 9.17) is 4.74 Å². The molecule has 0 amide bonds. The number of hydrogen-bond acceptors (Lipinski definition) is 1. The van der Waals surface area contributed by atoms with E-state index in [1.54, 1.807) is 0 Å². The first-order valence-corrected chi connectivity index (χ1v) is 5.56. The Kier molecular flexibility index (Phi) is 3.60. The van der Waals surface area contributed by atoms with Crippen LogP contribution in [-0.4, -0.2) is 6.61 Å². The second kappa shape index (κ2) is 5.36. The maximum Gasteiger partial charge on any atom is 0.122 e. The van der Waals surface area contributed by atoms with Crippen molar-refractivity contribution in [2.75, 3.05) is 6.61 Å². The molecule has 0 unspecified atom stereocenters. The predicted octanol–water partition coefficient (Wildman–Crippen LogP) is 3.67. The molecule has 1 aliphatic carbocycles. The summed E-state index contributed by atoms with van der Waals surface area (Å²) in [4.78, 5) is 0. The third-order valence-corrected chi connectivity index (χ3v) is 2.57. The molecule has 2 rings (SSSR count). The molecule has 0 radical (unpaired) electrons. The van der Waals surface area contributed by atoms with Crippen LogP contribution in [0.1, 0.15) is 5.56 Å². The average molecular weight is 212 g/mol. The minimum atomic E-state index is 0.356. The van der Waals surface area contributed by atoms with Gasteiger partial charge in [-0.25, -0.2) is 0 Å². The number of allylic oxidation sites excluding steroid dienone is 4. The van der Waals surface area contributed by atoms with E-state index in [0.717, 1.165) is 5.75 Å². The Morgan fingerprint density at radius 1 is 1.00 bits per heavy atom. The topological polar surface area (TPSA) is 9.23 Å². The summed E-state index contributed by atoms with van der Waals surface area (Å²) in [6.07, 6.45) is 12.5. The van der Waals surface area contributed by atoms with Crippen molar-refractivity contribution in [2.24, 2.45) is 5.92 Å². The van der Waals surface area contributed by atoms with Crippen LogP contribution >= 0.6 is 0 Å². The van der Waals surface area contributed by atoms with E-state index in [-0.39, 0.29) is 0 Å². The van der Waals surface area contributed by atoms with Crippen molar-refractivity contribution in [1.82, 2.24) is 0 Å². The van der Waals surface area contributed by atoms with E-state index in [0.29, 0.717) is 12.5 Å². The molecule has 0 saturated heterocycles. The van der Waals surface area contributed by atoms with Gasteiger partial charge in [-0.3, -0.25) is 0 Å². The van der Waals surface area contributed by atoms with E-state index in [1.165, 1.54) is 5.56 Å². The number of hydrogen-bond donors (Lipinski definition) is 0. The van der Waals surface area contributed by atoms with Crippen LogP contribution in [0.5, 0.6) is 5.75 Å². The zero-order valence-corrected chi connectivity index (χ0v) is 9.47. The summed E-state index contributed by atoms with van der Waals surface area (Å²) in [6.45, 7) is 2.76. The molecule has 0 atom stereocenters. The first-order valence-electron chi connectivity index (χ1n) is 5.56. The van der Waals surface area contributed by atoms with Crippen molar-refractivity contribution in [3.05, 3.63) is 66.3 Å². The molecule has 1 nitrogen and oxygen atoms in total. The van der Waals surface area contributed by atoms with Gasteiger partial charge >= 0.3 is 0 Å². The van der Waals surface area contributed by atoms with Crippen molar-refractivity contribution in [3.8, 4) is 5.75 Å². The molecule has 0 aliphatic heterocycles. The fourth-order valence-electron chi connectivity index (χ4n) is 1.62. The Labute approximate surface area is 96.8 Å². The lowest BCUT2D eigenvalue weighted by Gasteiger charge is -2.11. The largest absolute Gasteiger partial charge is 0.492 e. The monoisotopic (exact) mass is 212 g/mol. The van der Waals surface area contributed by atoms with E-state index in [2.05, 4.69) is 37.3 Å². The lowest BCUT2D eigenvalue weighted by molar-refractivity contribution is 0.295. The summed E-state index contributed by atoms with van der Waals surface area (Å²) in [5.74, 6) is 1.33. The van der Waals surface area contributed by atoms with Gasteiger partial charge in [-0.15, -0.1) is 0 Å². The summed E-state index contributed by atoms with van der Waals surface area (Å²) < 4.78 is 5.80. The molecule has 16 heavy (non-hydrogen) atoms. The van der Waals surface area contributed by atoms with Crippen LogP contribution in [0.2, 0.25) is 0 Å². The first-order chi connectivity index (χ1) is 7.86.